The Labute approximate surface area is 105 Å². The standard InChI is InChI=1S/C12H6N3S2/c13-3-8(4-14)15-5-12-9(1-2-17-12)10-6-16-7-11(10)15/h1-2,5-7,13H/q+1. The molecule has 0 aromatic carbocycles. The summed E-state index contributed by atoms with van der Waals surface area (Å²) in [5, 5.41) is 24.6. The van der Waals surface area contributed by atoms with E-state index in [1.807, 2.05) is 23.0 Å². The van der Waals surface area contributed by atoms with Gasteiger partial charge in [-0.2, -0.15) is 5.26 Å². The number of nitrogens with zero attached hydrogens (tertiary/aromatic N) is 2. The monoisotopic (exact) mass is 256 g/mol. The summed E-state index contributed by atoms with van der Waals surface area (Å²) in [6, 6.07) is 4.08. The van der Waals surface area contributed by atoms with Crippen molar-refractivity contribution in [2.45, 2.75) is 0 Å². The van der Waals surface area contributed by atoms with E-state index in [9.17, 15) is 0 Å². The number of allylic oxidation sites excluding steroid dienone is 1. The fraction of sp³-hybridized carbons (Fsp3) is 0. The Kier molecular flexibility index (Phi) is 2.27. The molecule has 5 heteroatoms. The van der Waals surface area contributed by atoms with Crippen molar-refractivity contribution in [2.24, 2.45) is 0 Å². The van der Waals surface area contributed by atoms with Crippen LogP contribution in [0, 0.1) is 16.7 Å². The van der Waals surface area contributed by atoms with Gasteiger partial charge in [-0.05, 0) is 11.4 Å². The maximum atomic E-state index is 9.02. The summed E-state index contributed by atoms with van der Waals surface area (Å²) in [4.78, 5) is 0. The van der Waals surface area contributed by atoms with Gasteiger partial charge in [-0.1, -0.05) is 0 Å². The molecule has 0 radical (unpaired) electrons. The van der Waals surface area contributed by atoms with Crippen molar-refractivity contribution in [3.05, 3.63) is 28.4 Å². The number of nitriles is 1. The van der Waals surface area contributed by atoms with Crippen LogP contribution < -0.4 is 4.57 Å². The maximum Gasteiger partial charge on any atom is 0.351 e. The van der Waals surface area contributed by atoms with Crippen molar-refractivity contribution in [1.29, 1.82) is 10.7 Å². The molecule has 0 fully saturated rings. The zero-order valence-electron chi connectivity index (χ0n) is 8.60. The number of hydrogen-bond donors (Lipinski definition) is 1. The Bertz CT molecular complexity index is 813. The first-order valence-corrected chi connectivity index (χ1v) is 6.65. The minimum absolute atomic E-state index is 0.212. The first kappa shape index (κ1) is 10.2. The van der Waals surface area contributed by atoms with E-state index in [0.717, 1.165) is 15.6 Å². The highest BCUT2D eigenvalue weighted by molar-refractivity contribution is 7.17. The normalized spacial score (nSPS) is 10.3. The lowest BCUT2D eigenvalue weighted by Gasteiger charge is -1.94. The summed E-state index contributed by atoms with van der Waals surface area (Å²) in [6.45, 7) is 0. The number of rotatable bonds is 1. The SMILES string of the molecule is N#CC(=C=N)[n+]1cc2sccc2c2cscc21. The van der Waals surface area contributed by atoms with Crippen LogP contribution >= 0.6 is 22.7 Å². The van der Waals surface area contributed by atoms with Crippen molar-refractivity contribution < 1.29 is 4.57 Å². The van der Waals surface area contributed by atoms with Crippen molar-refractivity contribution in [2.75, 3.05) is 0 Å². The Morgan fingerprint density at radius 3 is 3.00 bits per heavy atom. The number of thiophene rings is 2. The van der Waals surface area contributed by atoms with E-state index in [1.54, 1.807) is 27.2 Å². The molecule has 3 aromatic rings. The van der Waals surface area contributed by atoms with Gasteiger partial charge in [-0.3, -0.25) is 5.41 Å². The summed E-state index contributed by atoms with van der Waals surface area (Å²) in [5.74, 6) is 2.18. The van der Waals surface area contributed by atoms with Crippen LogP contribution in [0.25, 0.3) is 26.7 Å². The molecule has 17 heavy (non-hydrogen) atoms. The zero-order valence-corrected chi connectivity index (χ0v) is 10.2. The summed E-state index contributed by atoms with van der Waals surface area (Å²) < 4.78 is 2.84. The molecule has 3 nitrogen and oxygen atoms in total. The smallest absolute Gasteiger partial charge is 0.252 e. The second-order valence-corrected chi connectivity index (χ2v) is 5.15. The van der Waals surface area contributed by atoms with Gasteiger partial charge in [-0.15, -0.1) is 27.2 Å². The zero-order chi connectivity index (χ0) is 11.8. The fourth-order valence-electron chi connectivity index (χ4n) is 1.84. The van der Waals surface area contributed by atoms with E-state index in [0.29, 0.717) is 0 Å². The van der Waals surface area contributed by atoms with Crippen LogP contribution in [0.4, 0.5) is 0 Å². The highest BCUT2D eigenvalue weighted by atomic mass is 32.1. The van der Waals surface area contributed by atoms with Crippen LogP contribution in [0.15, 0.2) is 28.4 Å². The van der Waals surface area contributed by atoms with E-state index in [-0.39, 0.29) is 5.70 Å². The van der Waals surface area contributed by atoms with Crippen molar-refractivity contribution >= 4 is 55.2 Å². The van der Waals surface area contributed by atoms with Crippen molar-refractivity contribution in [3.8, 4) is 6.07 Å². The van der Waals surface area contributed by atoms with Gasteiger partial charge >= 0.3 is 5.70 Å². The van der Waals surface area contributed by atoms with Crippen molar-refractivity contribution in [1.82, 2.24) is 0 Å². The van der Waals surface area contributed by atoms with E-state index in [2.05, 4.69) is 17.3 Å². The molecular formula is C12H6N3S2+. The Morgan fingerprint density at radius 2 is 2.24 bits per heavy atom. The van der Waals surface area contributed by atoms with Crippen molar-refractivity contribution in [3.63, 3.8) is 0 Å². The van der Waals surface area contributed by atoms with Gasteiger partial charge in [-0.25, -0.2) is 0 Å². The first-order chi connectivity index (χ1) is 8.35. The minimum Gasteiger partial charge on any atom is -0.252 e. The van der Waals surface area contributed by atoms with Gasteiger partial charge in [0.15, 0.2) is 12.3 Å². The first-order valence-electron chi connectivity index (χ1n) is 4.83. The summed E-state index contributed by atoms with van der Waals surface area (Å²) >= 11 is 3.23. The average Bonchev–Trinajstić information content (AvgIpc) is 2.97. The van der Waals surface area contributed by atoms with E-state index >= 15 is 0 Å². The molecule has 0 amide bonds. The molecule has 0 bridgehead atoms. The maximum absolute atomic E-state index is 9.02. The third-order valence-electron chi connectivity index (χ3n) is 2.60. The third-order valence-corrected chi connectivity index (χ3v) is 4.18. The van der Waals surface area contributed by atoms with Crippen LogP contribution in [0.5, 0.6) is 0 Å². The number of hydrogen-bond acceptors (Lipinski definition) is 4. The molecular weight excluding hydrogens is 250 g/mol. The summed E-state index contributed by atoms with van der Waals surface area (Å²) in [6.07, 6.45) is 1.90. The van der Waals surface area contributed by atoms with Crippen LogP contribution in [-0.2, 0) is 0 Å². The lowest BCUT2D eigenvalue weighted by molar-refractivity contribution is -0.545. The molecule has 3 aromatic heterocycles. The topological polar surface area (TPSA) is 51.5 Å². The Morgan fingerprint density at radius 1 is 1.35 bits per heavy atom. The number of pyridine rings is 1. The molecule has 0 aliphatic heterocycles. The van der Waals surface area contributed by atoms with E-state index < -0.39 is 0 Å². The molecule has 0 saturated heterocycles. The van der Waals surface area contributed by atoms with Gasteiger partial charge in [0.2, 0.25) is 5.52 Å². The Balaban J connectivity index is 2.55. The minimum atomic E-state index is 0.212. The van der Waals surface area contributed by atoms with E-state index in [4.69, 9.17) is 10.7 Å². The molecule has 0 aliphatic carbocycles. The molecule has 3 heterocycles. The Hall–Kier alpha value is -1.99. The largest absolute Gasteiger partial charge is 0.351 e. The van der Waals surface area contributed by atoms with Gasteiger partial charge in [0.25, 0.3) is 0 Å². The lowest BCUT2D eigenvalue weighted by Crippen LogP contribution is -2.32. The molecule has 0 saturated carbocycles. The second-order valence-electron chi connectivity index (χ2n) is 3.45. The van der Waals surface area contributed by atoms with Crippen LogP contribution in [0.3, 0.4) is 0 Å². The summed E-state index contributed by atoms with van der Waals surface area (Å²) in [5.41, 5.74) is 1.17. The molecule has 3 rings (SSSR count). The predicted molar refractivity (Wildman–Crippen MR) is 70.4 cm³/mol. The van der Waals surface area contributed by atoms with E-state index in [1.165, 1.54) is 5.39 Å². The van der Waals surface area contributed by atoms with Gasteiger partial charge in [0.1, 0.15) is 0 Å². The van der Waals surface area contributed by atoms with Gasteiger partial charge < -0.3 is 0 Å². The van der Waals surface area contributed by atoms with Gasteiger partial charge in [0, 0.05) is 10.8 Å². The molecule has 80 valence electrons. The average molecular weight is 256 g/mol. The molecule has 0 spiro atoms. The molecule has 1 N–H and O–H groups in total. The summed E-state index contributed by atoms with van der Waals surface area (Å²) in [7, 11) is 0. The highest BCUT2D eigenvalue weighted by Gasteiger charge is 2.19. The third kappa shape index (κ3) is 1.40. The molecule has 0 unspecified atom stereocenters. The predicted octanol–water partition coefficient (Wildman–Crippen LogP) is 3.02. The van der Waals surface area contributed by atoms with Crippen LogP contribution in [0.1, 0.15) is 0 Å². The molecule has 0 aliphatic rings. The second kappa shape index (κ2) is 3.79. The highest BCUT2D eigenvalue weighted by Crippen LogP contribution is 2.29. The fourth-order valence-corrected chi connectivity index (χ4v) is 3.48. The number of fused-ring (bicyclic) bond motifs is 3. The van der Waals surface area contributed by atoms with Gasteiger partial charge in [0.05, 0.1) is 21.3 Å². The van der Waals surface area contributed by atoms with Crippen LogP contribution in [-0.4, -0.2) is 5.87 Å². The lowest BCUT2D eigenvalue weighted by atomic mass is 10.2. The number of aromatic nitrogens is 1. The quantitative estimate of drug-likeness (QED) is 0.406. The van der Waals surface area contributed by atoms with Crippen LogP contribution in [0.2, 0.25) is 0 Å². The number of nitrogens with one attached hydrogen (secondary N) is 1. The molecule has 0 atom stereocenters.